The van der Waals surface area contributed by atoms with Crippen LogP contribution in [-0.2, 0) is 16.0 Å². The Balaban J connectivity index is 0.00000441. The minimum absolute atomic E-state index is 0. The van der Waals surface area contributed by atoms with Gasteiger partial charge >= 0.3 is 5.97 Å². The molecule has 124 valence electrons. The molecule has 22 heavy (non-hydrogen) atoms. The molecule has 2 atom stereocenters. The molecule has 0 spiro atoms. The Hall–Kier alpha value is -1.59. The summed E-state index contributed by atoms with van der Waals surface area (Å²) in [6.07, 6.45) is 1.58. The molecule has 0 aliphatic heterocycles. The minimum atomic E-state index is -1.02. The highest BCUT2D eigenvalue weighted by atomic mass is 35.5. The SMILES string of the molecule is CC(C)CC(NC(=O)C(N)CCc1ccccc1)C(=O)O.Cl. The van der Waals surface area contributed by atoms with Crippen molar-refractivity contribution in [2.45, 2.75) is 45.2 Å². The van der Waals surface area contributed by atoms with Gasteiger partial charge in [0.2, 0.25) is 5.91 Å². The summed E-state index contributed by atoms with van der Waals surface area (Å²) >= 11 is 0. The Bertz CT molecular complexity index is 466. The predicted octanol–water partition coefficient (Wildman–Crippen LogP) is 1.98. The molecule has 6 heteroatoms. The Morgan fingerprint density at radius 3 is 2.32 bits per heavy atom. The fourth-order valence-corrected chi connectivity index (χ4v) is 2.07. The van der Waals surface area contributed by atoms with Crippen LogP contribution in [0.3, 0.4) is 0 Å². The zero-order valence-corrected chi connectivity index (χ0v) is 13.8. The summed E-state index contributed by atoms with van der Waals surface area (Å²) < 4.78 is 0. The monoisotopic (exact) mass is 328 g/mol. The third-order valence-corrected chi connectivity index (χ3v) is 3.25. The molecule has 0 aromatic heterocycles. The molecule has 4 N–H and O–H groups in total. The molecule has 2 unspecified atom stereocenters. The number of amides is 1. The minimum Gasteiger partial charge on any atom is -0.480 e. The van der Waals surface area contributed by atoms with Crippen molar-refractivity contribution >= 4 is 24.3 Å². The first kappa shape index (κ1) is 20.4. The summed E-state index contributed by atoms with van der Waals surface area (Å²) in [5.74, 6) is -1.24. The summed E-state index contributed by atoms with van der Waals surface area (Å²) in [6, 6.07) is 8.18. The zero-order valence-electron chi connectivity index (χ0n) is 13.0. The smallest absolute Gasteiger partial charge is 0.326 e. The largest absolute Gasteiger partial charge is 0.480 e. The number of benzene rings is 1. The van der Waals surface area contributed by atoms with Crippen molar-refractivity contribution < 1.29 is 14.7 Å². The van der Waals surface area contributed by atoms with Gasteiger partial charge < -0.3 is 16.2 Å². The second-order valence-corrected chi connectivity index (χ2v) is 5.66. The first-order valence-electron chi connectivity index (χ1n) is 7.22. The molecule has 0 saturated heterocycles. The van der Waals surface area contributed by atoms with Crippen LogP contribution in [0, 0.1) is 5.92 Å². The normalized spacial score (nSPS) is 13.1. The molecule has 0 aliphatic carbocycles. The van der Waals surface area contributed by atoms with Crippen molar-refractivity contribution in [1.82, 2.24) is 5.32 Å². The number of nitrogens with one attached hydrogen (secondary N) is 1. The molecular formula is C16H25ClN2O3. The molecule has 1 amide bonds. The average molecular weight is 329 g/mol. The number of nitrogens with two attached hydrogens (primary N) is 1. The highest BCUT2D eigenvalue weighted by Gasteiger charge is 2.23. The quantitative estimate of drug-likeness (QED) is 0.680. The molecule has 0 radical (unpaired) electrons. The Labute approximate surface area is 137 Å². The fourth-order valence-electron chi connectivity index (χ4n) is 2.07. The van der Waals surface area contributed by atoms with E-state index in [1.54, 1.807) is 0 Å². The highest BCUT2D eigenvalue weighted by Crippen LogP contribution is 2.07. The van der Waals surface area contributed by atoms with Gasteiger partial charge in [-0.3, -0.25) is 4.79 Å². The van der Waals surface area contributed by atoms with E-state index in [4.69, 9.17) is 10.8 Å². The fraction of sp³-hybridized carbons (Fsp3) is 0.500. The number of carboxylic acids is 1. The lowest BCUT2D eigenvalue weighted by molar-refractivity contribution is -0.142. The average Bonchev–Trinajstić information content (AvgIpc) is 2.44. The van der Waals surface area contributed by atoms with Gasteiger partial charge in [-0.2, -0.15) is 0 Å². The van der Waals surface area contributed by atoms with Crippen LogP contribution in [0.1, 0.15) is 32.3 Å². The Kier molecular flexibility index (Phi) is 9.45. The summed E-state index contributed by atoms with van der Waals surface area (Å²) in [6.45, 7) is 3.83. The van der Waals surface area contributed by atoms with E-state index in [-0.39, 0.29) is 18.3 Å². The van der Waals surface area contributed by atoms with Crippen molar-refractivity contribution in [2.24, 2.45) is 11.7 Å². The summed E-state index contributed by atoms with van der Waals surface area (Å²) in [5.41, 5.74) is 6.95. The van der Waals surface area contributed by atoms with Gasteiger partial charge in [-0.15, -0.1) is 12.4 Å². The number of aryl methyl sites for hydroxylation is 1. The highest BCUT2D eigenvalue weighted by molar-refractivity contribution is 5.86. The van der Waals surface area contributed by atoms with Crippen LogP contribution in [0.2, 0.25) is 0 Å². The van der Waals surface area contributed by atoms with Crippen LogP contribution in [0.4, 0.5) is 0 Å². The third-order valence-electron chi connectivity index (χ3n) is 3.25. The van der Waals surface area contributed by atoms with E-state index in [1.165, 1.54) is 0 Å². The summed E-state index contributed by atoms with van der Waals surface area (Å²) in [5, 5.41) is 11.6. The molecule has 0 aliphatic rings. The predicted molar refractivity (Wildman–Crippen MR) is 89.0 cm³/mol. The van der Waals surface area contributed by atoms with E-state index >= 15 is 0 Å². The van der Waals surface area contributed by atoms with Crippen molar-refractivity contribution in [3.05, 3.63) is 35.9 Å². The molecule has 0 heterocycles. The van der Waals surface area contributed by atoms with E-state index in [0.29, 0.717) is 19.3 Å². The second kappa shape index (κ2) is 10.2. The first-order chi connectivity index (χ1) is 9.90. The maximum absolute atomic E-state index is 12.0. The molecule has 1 rings (SSSR count). The van der Waals surface area contributed by atoms with E-state index in [9.17, 15) is 9.59 Å². The van der Waals surface area contributed by atoms with Crippen LogP contribution < -0.4 is 11.1 Å². The van der Waals surface area contributed by atoms with Crippen LogP contribution in [0.5, 0.6) is 0 Å². The number of carbonyl (C=O) groups is 2. The second-order valence-electron chi connectivity index (χ2n) is 5.66. The van der Waals surface area contributed by atoms with Crippen molar-refractivity contribution in [3.8, 4) is 0 Å². The van der Waals surface area contributed by atoms with E-state index in [1.807, 2.05) is 44.2 Å². The van der Waals surface area contributed by atoms with Gasteiger partial charge in [0.1, 0.15) is 6.04 Å². The Morgan fingerprint density at radius 2 is 1.82 bits per heavy atom. The van der Waals surface area contributed by atoms with Crippen molar-refractivity contribution in [3.63, 3.8) is 0 Å². The lowest BCUT2D eigenvalue weighted by Crippen LogP contribution is -2.49. The maximum Gasteiger partial charge on any atom is 0.326 e. The Morgan fingerprint density at radius 1 is 1.23 bits per heavy atom. The maximum atomic E-state index is 12.0. The topological polar surface area (TPSA) is 92.4 Å². The van der Waals surface area contributed by atoms with Gasteiger partial charge in [-0.1, -0.05) is 44.2 Å². The van der Waals surface area contributed by atoms with Crippen LogP contribution in [0.15, 0.2) is 30.3 Å². The van der Waals surface area contributed by atoms with E-state index in [0.717, 1.165) is 5.56 Å². The van der Waals surface area contributed by atoms with Gasteiger partial charge in [0, 0.05) is 0 Å². The zero-order chi connectivity index (χ0) is 15.8. The van der Waals surface area contributed by atoms with E-state index in [2.05, 4.69) is 5.32 Å². The van der Waals surface area contributed by atoms with Crippen LogP contribution in [-0.4, -0.2) is 29.1 Å². The van der Waals surface area contributed by atoms with Gasteiger partial charge in [0.05, 0.1) is 6.04 Å². The number of hydrogen-bond acceptors (Lipinski definition) is 3. The van der Waals surface area contributed by atoms with Gasteiger partial charge in [-0.05, 0) is 30.7 Å². The van der Waals surface area contributed by atoms with Gasteiger partial charge in [-0.25, -0.2) is 4.79 Å². The number of halogens is 1. The molecule has 0 fully saturated rings. The number of rotatable bonds is 8. The van der Waals surface area contributed by atoms with Gasteiger partial charge in [0.25, 0.3) is 0 Å². The third kappa shape index (κ3) is 7.43. The number of carboxylic acid groups (broad SMARTS) is 1. The van der Waals surface area contributed by atoms with Crippen LogP contribution >= 0.6 is 12.4 Å². The van der Waals surface area contributed by atoms with E-state index < -0.39 is 24.0 Å². The molecule has 1 aromatic carbocycles. The lowest BCUT2D eigenvalue weighted by Gasteiger charge is -2.19. The lowest BCUT2D eigenvalue weighted by atomic mass is 10.0. The first-order valence-corrected chi connectivity index (χ1v) is 7.22. The number of aliphatic carboxylic acids is 1. The summed E-state index contributed by atoms with van der Waals surface area (Å²) in [7, 11) is 0. The van der Waals surface area contributed by atoms with Crippen molar-refractivity contribution in [1.29, 1.82) is 0 Å². The number of carbonyl (C=O) groups excluding carboxylic acids is 1. The van der Waals surface area contributed by atoms with Gasteiger partial charge in [0.15, 0.2) is 0 Å². The summed E-state index contributed by atoms with van der Waals surface area (Å²) in [4.78, 5) is 23.1. The molecular weight excluding hydrogens is 304 g/mol. The molecule has 0 bridgehead atoms. The standard InChI is InChI=1S/C16H24N2O3.ClH/c1-11(2)10-14(16(20)21)18-15(19)13(17)9-8-12-6-4-3-5-7-12;/h3-7,11,13-14H,8-10,17H2,1-2H3,(H,18,19)(H,20,21);1H. The number of hydrogen-bond donors (Lipinski definition) is 3. The molecule has 1 aromatic rings. The van der Waals surface area contributed by atoms with Crippen LogP contribution in [0.25, 0.3) is 0 Å². The molecule has 0 saturated carbocycles. The van der Waals surface area contributed by atoms with Crippen molar-refractivity contribution in [2.75, 3.05) is 0 Å². The molecule has 5 nitrogen and oxygen atoms in total.